The predicted molar refractivity (Wildman–Crippen MR) is 206 cm³/mol. The Kier molecular flexibility index (Phi) is 243. The minimum Gasteiger partial charge on any atom is -0.394 e. The SMILES string of the molecule is [CH-]=CC=[CH-].[CH-]=Cc1[c-]cccc1.[CH-]=c1ccccc1=[CH-].[Y].[Y].[Y].[Y].[Y].[Y].[Y].[Y].[Y].[Y].[Y].[Y].[Y].[Y].[Y].[Y].[Y].[Y].[Y].[Y].[Y].[Y].[c-]1ccccc1-c1[c-]cccc1.c1ccc2ccccc2c1.c1ccccc1. The second kappa shape index (κ2) is 114. The van der Waals surface area contributed by atoms with Crippen LogP contribution in [0, 0.1) is 37.9 Å². The molecule has 0 atom stereocenters. The zero-order valence-corrected chi connectivity index (χ0v) is 102. The van der Waals surface area contributed by atoms with Crippen LogP contribution in [0.3, 0.4) is 0 Å². The normalized spacial score (nSPS) is 6.06. The van der Waals surface area contributed by atoms with Crippen LogP contribution in [0.5, 0.6) is 0 Å². The second-order valence-corrected chi connectivity index (χ2v) is 9.55. The average Bonchev–Trinajstić information content (AvgIpc) is 3.19. The van der Waals surface area contributed by atoms with Gasteiger partial charge in [0.2, 0.25) is 0 Å². The first-order valence-corrected chi connectivity index (χ1v) is 15.2. The van der Waals surface area contributed by atoms with Crippen molar-refractivity contribution in [3.8, 4) is 11.1 Å². The first kappa shape index (κ1) is 148. The van der Waals surface area contributed by atoms with Crippen molar-refractivity contribution in [2.75, 3.05) is 0 Å². The molecule has 22 radical (unpaired) electrons. The summed E-state index contributed by atoms with van der Waals surface area (Å²) in [7, 11) is 0. The summed E-state index contributed by atoms with van der Waals surface area (Å²) in [5.74, 6) is 0. The van der Waals surface area contributed by atoms with E-state index >= 15 is 0 Å². The van der Waals surface area contributed by atoms with E-state index in [2.05, 4.69) is 66.7 Å². The van der Waals surface area contributed by atoms with E-state index in [9.17, 15) is 0 Å². The third-order valence-corrected chi connectivity index (χ3v) is 6.05. The Morgan fingerprint density at radius 2 is 0.486 bits per heavy atom. The van der Waals surface area contributed by atoms with Gasteiger partial charge in [0, 0.05) is 720 Å². The molecule has 0 saturated heterocycles. The van der Waals surface area contributed by atoms with E-state index in [-0.39, 0.29) is 720 Å². The van der Waals surface area contributed by atoms with Crippen LogP contribution in [0.4, 0.5) is 0 Å². The van der Waals surface area contributed by atoms with Crippen LogP contribution in [-0.2, 0) is 720 Å². The van der Waals surface area contributed by atoms with Gasteiger partial charge in [-0.3, -0.25) is 13.2 Å². The van der Waals surface area contributed by atoms with Crippen molar-refractivity contribution in [3.05, 3.63) is 248 Å². The van der Waals surface area contributed by atoms with E-state index in [0.29, 0.717) is 10.4 Å². The quantitative estimate of drug-likeness (QED) is 0.122. The number of benzene rings is 7. The van der Waals surface area contributed by atoms with Gasteiger partial charge in [-0.05, 0) is 10.8 Å². The van der Waals surface area contributed by atoms with Gasteiger partial charge in [-0.15, -0.1) is 30.3 Å². The fourth-order valence-corrected chi connectivity index (χ4v) is 3.66. The molecule has 7 aromatic rings. The van der Waals surface area contributed by atoms with E-state index in [4.69, 9.17) is 32.9 Å². The molecule has 0 unspecified atom stereocenters. The molecule has 7 aromatic carbocycles. The van der Waals surface area contributed by atoms with Crippen molar-refractivity contribution >= 4 is 30.0 Å². The third-order valence-electron chi connectivity index (χ3n) is 6.05. The van der Waals surface area contributed by atoms with Crippen LogP contribution in [0.25, 0.3) is 41.1 Å². The van der Waals surface area contributed by atoms with Crippen LogP contribution in [0.15, 0.2) is 194 Å². The van der Waals surface area contributed by atoms with Crippen molar-refractivity contribution < 1.29 is 720 Å². The molecule has 0 aromatic heterocycles. The Hall–Kier alpha value is 18.0. The van der Waals surface area contributed by atoms with E-state index < -0.39 is 0 Å². The predicted octanol–water partition coefficient (Wildman–Crippen LogP) is 10.6. The maximum atomic E-state index is 5.39. The van der Waals surface area contributed by atoms with Crippen molar-refractivity contribution in [1.29, 1.82) is 0 Å². The molecule has 0 bridgehead atoms. The molecule has 0 N–H and O–H groups in total. The summed E-state index contributed by atoms with van der Waals surface area (Å²) in [4.78, 5) is 0. The Bertz CT molecular complexity index is 1820. The first-order chi connectivity index (χ1) is 23.6. The molecule has 7 rings (SSSR count). The molecular weight excluding hydrogens is 2530 g/mol. The fourth-order valence-electron chi connectivity index (χ4n) is 3.66. The third kappa shape index (κ3) is 88.1. The van der Waals surface area contributed by atoms with Gasteiger partial charge >= 0.3 is 0 Å². The Balaban J connectivity index is -0.0000000208. The second-order valence-electron chi connectivity index (χ2n) is 9.55. The van der Waals surface area contributed by atoms with Crippen LogP contribution in [0.1, 0.15) is 5.56 Å². The van der Waals surface area contributed by atoms with Crippen LogP contribution < -0.4 is 10.4 Å². The van der Waals surface area contributed by atoms with Gasteiger partial charge in [-0.25, -0.2) is 35.4 Å². The van der Waals surface area contributed by atoms with Crippen molar-refractivity contribution in [3.63, 3.8) is 0 Å². The Morgan fingerprint density at radius 1 is 0.257 bits per heavy atom. The topological polar surface area (TPSA) is 0 Å². The summed E-state index contributed by atoms with van der Waals surface area (Å²) in [5, 5.41) is 3.91. The summed E-state index contributed by atoms with van der Waals surface area (Å²) in [6.45, 7) is 25.4. The standard InChI is InChI=1S/C12H8.C10H8.2C8H6.C6H6.C4H4.22Y/c1-3-7-11(8-4-1)12-9-5-2-6-10-12;1-2-6-10-8-4-3-7-9(10)5-1;1-7-5-3-4-6-8(7)2;1-2-8-6-4-3-5-7-8;1-2-4-6-5-3-1;1-3-4-2;;;;;;;;;;;;;;;;;;;;;;/h1-7,9H;1-8H;2*1-6H;1-6H;1-4H;;;;;;;;;;;;;;;;;;;;;;/q-2;;2*-2;;-2;;;;;;;;;;;;;;;;;;;;;;. The van der Waals surface area contributed by atoms with Crippen LogP contribution in [-0.4, -0.2) is 0 Å². The summed E-state index contributed by atoms with van der Waals surface area (Å²) in [6.07, 6.45) is 4.08. The minimum atomic E-state index is 0. The molecule has 0 aliphatic heterocycles. The van der Waals surface area contributed by atoms with Crippen molar-refractivity contribution in [2.45, 2.75) is 0 Å². The number of fused-ring (bicyclic) bond motifs is 1. The molecule has 0 saturated carbocycles. The van der Waals surface area contributed by atoms with Crippen molar-refractivity contribution in [2.24, 2.45) is 0 Å². The maximum absolute atomic E-state index is 5.39. The van der Waals surface area contributed by atoms with Gasteiger partial charge in [-0.1, -0.05) is 84.9 Å². The van der Waals surface area contributed by atoms with Gasteiger partial charge in [0.1, 0.15) is 0 Å². The van der Waals surface area contributed by atoms with E-state index in [1.807, 2.05) is 121 Å². The zero-order valence-electron chi connectivity index (χ0n) is 39.6. The molecule has 0 spiro atoms. The van der Waals surface area contributed by atoms with Gasteiger partial charge in [0.25, 0.3) is 0 Å². The molecule has 22 heteroatoms. The molecule has 0 aliphatic carbocycles. The Labute approximate surface area is 978 Å². The zero-order chi connectivity index (χ0) is 34.5. The van der Waals surface area contributed by atoms with E-state index in [1.54, 1.807) is 12.1 Å². The number of allylic oxidation sites excluding steroid dienone is 2. The number of hydrogen-bond acceptors (Lipinski definition) is 0. The Morgan fingerprint density at radius 3 is 0.657 bits per heavy atom. The van der Waals surface area contributed by atoms with E-state index in [1.165, 1.54) is 29.0 Å². The average molecular weight is 2570 g/mol. The monoisotopic (exact) mass is 2570 g/mol. The first-order valence-electron chi connectivity index (χ1n) is 15.2. The molecule has 0 nitrogen and oxygen atoms in total. The number of rotatable bonds is 3. The summed E-state index contributed by atoms with van der Waals surface area (Å²) >= 11 is 0. The summed E-state index contributed by atoms with van der Waals surface area (Å²) in [5.41, 5.74) is 3.13. The fraction of sp³-hybridized carbons (Fsp3) is 0. The van der Waals surface area contributed by atoms with Gasteiger partial charge in [-0.2, -0.15) is 60.7 Å². The summed E-state index contributed by atoms with van der Waals surface area (Å²) < 4.78 is 0. The van der Waals surface area contributed by atoms with Gasteiger partial charge in [0.05, 0.1) is 0 Å². The smallest absolute Gasteiger partial charge is 0 e. The minimum absolute atomic E-state index is 0. The van der Waals surface area contributed by atoms with Crippen LogP contribution >= 0.6 is 0 Å². The maximum Gasteiger partial charge on any atom is 0 e. The molecule has 0 amide bonds. The molecule has 304 valence electrons. The molecule has 0 aliphatic rings. The molecule has 0 fully saturated rings. The van der Waals surface area contributed by atoms with Gasteiger partial charge < -0.3 is 54.0 Å². The van der Waals surface area contributed by atoms with Gasteiger partial charge in [0.15, 0.2) is 0 Å². The summed E-state index contributed by atoms with van der Waals surface area (Å²) in [6, 6.07) is 68.6. The molecular formula is C48H38Y22-8. The van der Waals surface area contributed by atoms with E-state index in [0.717, 1.165) is 16.7 Å². The van der Waals surface area contributed by atoms with Crippen molar-refractivity contribution in [1.82, 2.24) is 0 Å². The largest absolute Gasteiger partial charge is 0.394 e. The molecule has 70 heavy (non-hydrogen) atoms. The molecule has 0 heterocycles. The number of hydrogen-bond donors (Lipinski definition) is 0. The van der Waals surface area contributed by atoms with Crippen LogP contribution in [0.2, 0.25) is 0 Å².